The Morgan fingerprint density at radius 2 is 2.00 bits per heavy atom. The number of carbonyl (C=O) groups excluding carboxylic acids is 2. The molecule has 1 heterocycles. The van der Waals surface area contributed by atoms with Gasteiger partial charge in [-0.2, -0.15) is 0 Å². The van der Waals surface area contributed by atoms with Crippen LogP contribution >= 0.6 is 0 Å². The summed E-state index contributed by atoms with van der Waals surface area (Å²) in [5.41, 5.74) is 2.01. The number of carbonyl (C=O) groups is 2. The molecule has 1 N–H and O–H groups in total. The number of amides is 2. The minimum atomic E-state index is -3.60. The Morgan fingerprint density at radius 3 is 2.65 bits per heavy atom. The molecule has 1 aliphatic rings. The summed E-state index contributed by atoms with van der Waals surface area (Å²) >= 11 is 0. The molecule has 1 aromatic rings. The Kier molecular flexibility index (Phi) is 5.41. The molecule has 126 valence electrons. The van der Waals surface area contributed by atoms with E-state index in [-0.39, 0.29) is 18.1 Å². The summed E-state index contributed by atoms with van der Waals surface area (Å²) in [5.74, 6) is -0.781. The summed E-state index contributed by atoms with van der Waals surface area (Å²) < 4.78 is 25.6. The van der Waals surface area contributed by atoms with Crippen LogP contribution in [0.1, 0.15) is 43.9 Å². The zero-order valence-electron chi connectivity index (χ0n) is 13.4. The highest BCUT2D eigenvalue weighted by Gasteiger charge is 2.31. The van der Waals surface area contributed by atoms with Crippen molar-refractivity contribution in [3.05, 3.63) is 35.4 Å². The van der Waals surface area contributed by atoms with Crippen LogP contribution in [0.15, 0.2) is 24.3 Å². The van der Waals surface area contributed by atoms with Gasteiger partial charge in [-0.15, -0.1) is 0 Å². The average molecular weight is 338 g/mol. The highest BCUT2D eigenvalue weighted by atomic mass is 32.2. The zero-order chi connectivity index (χ0) is 17.0. The molecule has 0 saturated carbocycles. The molecule has 0 aromatic heterocycles. The molecular formula is C16H22N2O4S. The van der Waals surface area contributed by atoms with Crippen LogP contribution in [0.2, 0.25) is 0 Å². The lowest BCUT2D eigenvalue weighted by molar-refractivity contribution is -0.133. The number of nitrogens with zero attached hydrogens (tertiary/aromatic N) is 1. The lowest BCUT2D eigenvalue weighted by Gasteiger charge is -2.36. The van der Waals surface area contributed by atoms with Gasteiger partial charge in [0.1, 0.15) is 0 Å². The monoisotopic (exact) mass is 338 g/mol. The molecule has 1 atom stereocenters. The third-order valence-corrected chi connectivity index (χ3v) is 5.42. The fourth-order valence-electron chi connectivity index (χ4n) is 2.96. The average Bonchev–Trinajstić information content (AvgIpc) is 2.46. The Labute approximate surface area is 136 Å². The second-order valence-corrected chi connectivity index (χ2v) is 7.57. The predicted molar refractivity (Wildman–Crippen MR) is 87.1 cm³/mol. The maximum absolute atomic E-state index is 12.2. The van der Waals surface area contributed by atoms with Gasteiger partial charge < -0.3 is 4.90 Å². The van der Waals surface area contributed by atoms with Crippen LogP contribution in [0, 0.1) is 0 Å². The van der Waals surface area contributed by atoms with E-state index < -0.39 is 22.0 Å². The first-order valence-corrected chi connectivity index (χ1v) is 9.37. The van der Waals surface area contributed by atoms with E-state index in [9.17, 15) is 18.0 Å². The molecule has 23 heavy (non-hydrogen) atoms. The van der Waals surface area contributed by atoms with Gasteiger partial charge in [0.15, 0.2) is 0 Å². The molecule has 2 rings (SSSR count). The first-order chi connectivity index (χ1) is 10.8. The summed E-state index contributed by atoms with van der Waals surface area (Å²) in [6.45, 7) is 3.73. The molecule has 2 amide bonds. The minimum absolute atomic E-state index is 0.0560. The smallest absolute Gasteiger partial charge is 0.235 e. The Balaban J connectivity index is 2.21. The van der Waals surface area contributed by atoms with Gasteiger partial charge in [-0.25, -0.2) is 8.42 Å². The SMILES string of the molecule is CCCS(=O)(=O)NC(=O)C[C@@H]1c2ccccc2CCN1C(C)=O. The normalized spacial score (nSPS) is 17.5. The van der Waals surface area contributed by atoms with Crippen molar-refractivity contribution in [2.75, 3.05) is 12.3 Å². The van der Waals surface area contributed by atoms with Crippen molar-refractivity contribution in [1.82, 2.24) is 9.62 Å². The van der Waals surface area contributed by atoms with Gasteiger partial charge in [0.25, 0.3) is 0 Å². The van der Waals surface area contributed by atoms with Crippen molar-refractivity contribution in [3.8, 4) is 0 Å². The van der Waals surface area contributed by atoms with Crippen molar-refractivity contribution >= 4 is 21.8 Å². The topological polar surface area (TPSA) is 83.6 Å². The number of benzene rings is 1. The lowest BCUT2D eigenvalue weighted by Crippen LogP contribution is -2.42. The molecule has 0 spiro atoms. The van der Waals surface area contributed by atoms with Crippen LogP contribution in [0.25, 0.3) is 0 Å². The van der Waals surface area contributed by atoms with Crippen LogP contribution in [0.3, 0.4) is 0 Å². The van der Waals surface area contributed by atoms with E-state index in [1.165, 1.54) is 6.92 Å². The first-order valence-electron chi connectivity index (χ1n) is 7.72. The van der Waals surface area contributed by atoms with E-state index >= 15 is 0 Å². The van der Waals surface area contributed by atoms with Crippen LogP contribution in [-0.4, -0.2) is 37.4 Å². The van der Waals surface area contributed by atoms with Gasteiger partial charge >= 0.3 is 0 Å². The van der Waals surface area contributed by atoms with Crippen LogP contribution in [0.5, 0.6) is 0 Å². The number of fused-ring (bicyclic) bond motifs is 1. The molecule has 0 radical (unpaired) electrons. The van der Waals surface area contributed by atoms with Crippen molar-refractivity contribution in [3.63, 3.8) is 0 Å². The fourth-order valence-corrected chi connectivity index (χ4v) is 4.03. The molecule has 1 aliphatic heterocycles. The van der Waals surface area contributed by atoms with E-state index in [2.05, 4.69) is 4.72 Å². The van der Waals surface area contributed by atoms with Crippen LogP contribution in [-0.2, 0) is 26.0 Å². The van der Waals surface area contributed by atoms with Gasteiger partial charge in [-0.3, -0.25) is 14.3 Å². The van der Waals surface area contributed by atoms with Crippen LogP contribution < -0.4 is 4.72 Å². The van der Waals surface area contributed by atoms with Crippen molar-refractivity contribution < 1.29 is 18.0 Å². The van der Waals surface area contributed by atoms with Gasteiger partial charge in [0.2, 0.25) is 21.8 Å². The maximum atomic E-state index is 12.2. The van der Waals surface area contributed by atoms with Gasteiger partial charge in [0, 0.05) is 13.5 Å². The molecule has 0 fully saturated rings. The number of hydrogen-bond donors (Lipinski definition) is 1. The largest absolute Gasteiger partial charge is 0.335 e. The zero-order valence-corrected chi connectivity index (χ0v) is 14.2. The molecule has 6 nitrogen and oxygen atoms in total. The van der Waals surface area contributed by atoms with Gasteiger partial charge in [-0.05, 0) is 24.0 Å². The molecule has 0 aliphatic carbocycles. The van der Waals surface area contributed by atoms with Crippen molar-refractivity contribution in [2.24, 2.45) is 0 Å². The van der Waals surface area contributed by atoms with E-state index in [4.69, 9.17) is 0 Å². The van der Waals surface area contributed by atoms with Crippen LogP contribution in [0.4, 0.5) is 0 Å². The number of nitrogens with one attached hydrogen (secondary N) is 1. The summed E-state index contributed by atoms with van der Waals surface area (Å²) in [7, 11) is -3.60. The molecule has 1 aromatic carbocycles. The van der Waals surface area contributed by atoms with E-state index in [1.807, 2.05) is 24.3 Å². The molecule has 0 bridgehead atoms. The fraction of sp³-hybridized carbons (Fsp3) is 0.500. The maximum Gasteiger partial charge on any atom is 0.235 e. The van der Waals surface area contributed by atoms with E-state index in [0.717, 1.165) is 17.5 Å². The first kappa shape index (κ1) is 17.5. The second kappa shape index (κ2) is 7.12. The molecule has 7 heteroatoms. The number of rotatable bonds is 5. The summed E-state index contributed by atoms with van der Waals surface area (Å²) in [6.07, 6.45) is 1.12. The molecule has 0 unspecified atom stereocenters. The number of sulfonamides is 1. The standard InChI is InChI=1S/C16H22N2O4S/c1-3-10-23(21,22)17-16(20)11-15-14-7-5-4-6-13(14)8-9-18(15)12(2)19/h4-7,15H,3,8-11H2,1-2H3,(H,17,20)/t15-/m1/s1. The Bertz CT molecular complexity index is 700. The predicted octanol–water partition coefficient (Wildman–Crippen LogP) is 1.38. The Morgan fingerprint density at radius 1 is 1.30 bits per heavy atom. The molecular weight excluding hydrogens is 316 g/mol. The second-order valence-electron chi connectivity index (χ2n) is 5.73. The third-order valence-electron chi connectivity index (χ3n) is 3.94. The number of hydrogen-bond acceptors (Lipinski definition) is 4. The van der Waals surface area contributed by atoms with Crippen molar-refractivity contribution in [1.29, 1.82) is 0 Å². The highest BCUT2D eigenvalue weighted by molar-refractivity contribution is 7.90. The van der Waals surface area contributed by atoms with Gasteiger partial charge in [-0.1, -0.05) is 31.2 Å². The van der Waals surface area contributed by atoms with Crippen molar-refractivity contribution in [2.45, 2.75) is 39.2 Å². The molecule has 0 saturated heterocycles. The lowest BCUT2D eigenvalue weighted by atomic mass is 9.90. The minimum Gasteiger partial charge on any atom is -0.335 e. The van der Waals surface area contributed by atoms with E-state index in [0.29, 0.717) is 13.0 Å². The quantitative estimate of drug-likeness (QED) is 0.879. The van der Waals surface area contributed by atoms with E-state index in [1.54, 1.807) is 11.8 Å². The summed E-state index contributed by atoms with van der Waals surface area (Å²) in [4.78, 5) is 25.6. The summed E-state index contributed by atoms with van der Waals surface area (Å²) in [5, 5.41) is 0. The highest BCUT2D eigenvalue weighted by Crippen LogP contribution is 2.32. The van der Waals surface area contributed by atoms with Gasteiger partial charge in [0.05, 0.1) is 18.2 Å². The Hall–Kier alpha value is -1.89. The third kappa shape index (κ3) is 4.31. The summed E-state index contributed by atoms with van der Waals surface area (Å²) in [6, 6.07) is 7.23.